The van der Waals surface area contributed by atoms with Crippen LogP contribution in [0.1, 0.15) is 40.0 Å². The summed E-state index contributed by atoms with van der Waals surface area (Å²) in [6.45, 7) is 5.46. The zero-order valence-corrected chi connectivity index (χ0v) is 8.30. The average Bonchev–Trinajstić information content (AvgIpc) is 1.98. The Hall–Kier alpha value is -0.120. The van der Waals surface area contributed by atoms with Crippen LogP contribution in [0.15, 0.2) is 0 Å². The highest BCUT2D eigenvalue weighted by atomic mass is 16.3. The van der Waals surface area contributed by atoms with Crippen molar-refractivity contribution >= 4 is 0 Å². The van der Waals surface area contributed by atoms with Crippen molar-refractivity contribution in [3.05, 3.63) is 0 Å². The van der Waals surface area contributed by atoms with Gasteiger partial charge in [-0.3, -0.25) is 0 Å². The van der Waals surface area contributed by atoms with Crippen LogP contribution in [0, 0.1) is 5.41 Å². The van der Waals surface area contributed by atoms with Crippen LogP contribution in [-0.4, -0.2) is 22.5 Å². The molecule has 0 aromatic carbocycles. The summed E-state index contributed by atoms with van der Waals surface area (Å²) in [5.41, 5.74) is 3.79. The van der Waals surface area contributed by atoms with Crippen LogP contribution < -0.4 is 5.73 Å². The molecule has 74 valence electrons. The molecule has 0 rings (SSSR count). The van der Waals surface area contributed by atoms with E-state index in [9.17, 15) is 10.2 Å². The minimum Gasteiger partial charge on any atom is -0.396 e. The third-order valence-corrected chi connectivity index (χ3v) is 2.78. The molecule has 12 heavy (non-hydrogen) atoms. The lowest BCUT2D eigenvalue weighted by Gasteiger charge is -2.41. The van der Waals surface area contributed by atoms with Gasteiger partial charge < -0.3 is 15.9 Å². The van der Waals surface area contributed by atoms with Gasteiger partial charge in [0, 0.05) is 5.41 Å². The number of rotatable bonds is 5. The van der Waals surface area contributed by atoms with E-state index < -0.39 is 11.1 Å². The summed E-state index contributed by atoms with van der Waals surface area (Å²) >= 11 is 0. The van der Waals surface area contributed by atoms with Crippen LogP contribution in [-0.2, 0) is 0 Å². The van der Waals surface area contributed by atoms with E-state index in [1.807, 2.05) is 13.8 Å². The fraction of sp³-hybridized carbons (Fsp3) is 1.00. The third kappa shape index (κ3) is 2.19. The van der Waals surface area contributed by atoms with Crippen molar-refractivity contribution < 1.29 is 10.2 Å². The highest BCUT2D eigenvalue weighted by Crippen LogP contribution is 2.35. The van der Waals surface area contributed by atoms with Crippen molar-refractivity contribution in [2.45, 2.75) is 45.8 Å². The monoisotopic (exact) mass is 175 g/mol. The van der Waals surface area contributed by atoms with E-state index in [0.29, 0.717) is 6.42 Å². The van der Waals surface area contributed by atoms with Gasteiger partial charge in [0.25, 0.3) is 0 Å². The molecule has 4 N–H and O–H groups in total. The Kier molecular flexibility index (Phi) is 4.17. The topological polar surface area (TPSA) is 66.5 Å². The van der Waals surface area contributed by atoms with Crippen molar-refractivity contribution in [2.24, 2.45) is 11.1 Å². The predicted molar refractivity (Wildman–Crippen MR) is 49.5 cm³/mol. The summed E-state index contributed by atoms with van der Waals surface area (Å²) in [6.07, 6.45) is 2.37. The van der Waals surface area contributed by atoms with E-state index in [-0.39, 0.29) is 6.61 Å². The molecule has 3 heteroatoms. The number of hydrogen-bond donors (Lipinski definition) is 3. The fourth-order valence-electron chi connectivity index (χ4n) is 1.62. The molecular weight excluding hydrogens is 154 g/mol. The summed E-state index contributed by atoms with van der Waals surface area (Å²) in [5, 5.41) is 18.9. The van der Waals surface area contributed by atoms with E-state index in [4.69, 9.17) is 5.73 Å². The molecule has 0 aliphatic rings. The first-order valence-corrected chi connectivity index (χ1v) is 4.55. The number of aliphatic hydroxyl groups is 2. The molecule has 0 aromatic heterocycles. The molecule has 3 nitrogen and oxygen atoms in total. The van der Waals surface area contributed by atoms with Crippen LogP contribution in [0.25, 0.3) is 0 Å². The minimum absolute atomic E-state index is 0.0547. The van der Waals surface area contributed by atoms with E-state index in [1.54, 1.807) is 6.92 Å². The minimum atomic E-state index is -1.29. The highest BCUT2D eigenvalue weighted by Gasteiger charge is 2.41. The lowest BCUT2D eigenvalue weighted by atomic mass is 9.73. The Morgan fingerprint density at radius 2 is 1.83 bits per heavy atom. The Labute approximate surface area is 74.6 Å². The van der Waals surface area contributed by atoms with Crippen LogP contribution >= 0.6 is 0 Å². The van der Waals surface area contributed by atoms with Crippen molar-refractivity contribution in [3.8, 4) is 0 Å². The van der Waals surface area contributed by atoms with Crippen molar-refractivity contribution in [1.82, 2.24) is 0 Å². The van der Waals surface area contributed by atoms with Gasteiger partial charge in [-0.25, -0.2) is 0 Å². The van der Waals surface area contributed by atoms with E-state index in [0.717, 1.165) is 12.8 Å². The summed E-state index contributed by atoms with van der Waals surface area (Å²) < 4.78 is 0. The van der Waals surface area contributed by atoms with E-state index >= 15 is 0 Å². The first-order chi connectivity index (χ1) is 5.43. The molecule has 0 aromatic rings. The molecule has 0 saturated carbocycles. The maximum absolute atomic E-state index is 9.68. The molecule has 0 aliphatic heterocycles. The van der Waals surface area contributed by atoms with Gasteiger partial charge in [-0.05, 0) is 19.8 Å². The fourth-order valence-corrected chi connectivity index (χ4v) is 1.62. The maximum Gasteiger partial charge on any atom is 0.118 e. The van der Waals surface area contributed by atoms with Gasteiger partial charge in [0.15, 0.2) is 0 Å². The lowest BCUT2D eigenvalue weighted by molar-refractivity contribution is -0.101. The van der Waals surface area contributed by atoms with Gasteiger partial charge in [0.1, 0.15) is 5.72 Å². The zero-order valence-electron chi connectivity index (χ0n) is 8.30. The standard InChI is InChI=1S/C9H21NO2/c1-4-6-9(5-2,7-11)8(3,10)12/h11-12H,4-7,10H2,1-3H3. The Balaban J connectivity index is 4.57. The number of nitrogens with two attached hydrogens (primary N) is 1. The summed E-state index contributed by atoms with van der Waals surface area (Å²) in [6, 6.07) is 0. The van der Waals surface area contributed by atoms with Crippen molar-refractivity contribution in [2.75, 3.05) is 6.61 Å². The number of hydrogen-bond acceptors (Lipinski definition) is 3. The van der Waals surface area contributed by atoms with Gasteiger partial charge in [0.05, 0.1) is 6.61 Å². The van der Waals surface area contributed by atoms with E-state index in [2.05, 4.69) is 0 Å². The zero-order chi connectivity index (χ0) is 9.83. The smallest absolute Gasteiger partial charge is 0.118 e. The van der Waals surface area contributed by atoms with Crippen LogP contribution in [0.5, 0.6) is 0 Å². The van der Waals surface area contributed by atoms with Gasteiger partial charge in [-0.15, -0.1) is 0 Å². The molecular formula is C9H21NO2. The predicted octanol–water partition coefficient (Wildman–Crippen LogP) is 0.842. The molecule has 0 fully saturated rings. The molecule has 0 amide bonds. The third-order valence-electron chi connectivity index (χ3n) is 2.78. The number of aliphatic hydroxyl groups excluding tert-OH is 1. The molecule has 0 bridgehead atoms. The highest BCUT2D eigenvalue weighted by molar-refractivity contribution is 4.90. The average molecular weight is 175 g/mol. The molecule has 0 saturated heterocycles. The lowest BCUT2D eigenvalue weighted by Crippen LogP contribution is -2.55. The Bertz CT molecular complexity index is 125. The Morgan fingerprint density at radius 3 is 1.92 bits per heavy atom. The van der Waals surface area contributed by atoms with Crippen molar-refractivity contribution in [1.29, 1.82) is 0 Å². The van der Waals surface area contributed by atoms with Gasteiger partial charge in [-0.2, -0.15) is 0 Å². The van der Waals surface area contributed by atoms with Gasteiger partial charge in [0.2, 0.25) is 0 Å². The maximum atomic E-state index is 9.68. The normalized spacial score (nSPS) is 21.5. The second-order valence-corrected chi connectivity index (χ2v) is 3.69. The Morgan fingerprint density at radius 1 is 1.33 bits per heavy atom. The summed E-state index contributed by atoms with van der Waals surface area (Å²) in [5.74, 6) is 0. The van der Waals surface area contributed by atoms with Gasteiger partial charge >= 0.3 is 0 Å². The molecule has 2 atom stereocenters. The van der Waals surface area contributed by atoms with Crippen LogP contribution in [0.3, 0.4) is 0 Å². The molecule has 0 radical (unpaired) electrons. The second-order valence-electron chi connectivity index (χ2n) is 3.69. The first kappa shape index (κ1) is 11.9. The van der Waals surface area contributed by atoms with Gasteiger partial charge in [-0.1, -0.05) is 20.3 Å². The summed E-state index contributed by atoms with van der Waals surface area (Å²) in [4.78, 5) is 0. The largest absolute Gasteiger partial charge is 0.396 e. The molecule has 0 aliphatic carbocycles. The van der Waals surface area contributed by atoms with Crippen LogP contribution in [0.2, 0.25) is 0 Å². The van der Waals surface area contributed by atoms with E-state index in [1.165, 1.54) is 0 Å². The van der Waals surface area contributed by atoms with Crippen LogP contribution in [0.4, 0.5) is 0 Å². The quantitative estimate of drug-likeness (QED) is 0.542. The first-order valence-electron chi connectivity index (χ1n) is 4.55. The molecule has 0 heterocycles. The second kappa shape index (κ2) is 4.21. The van der Waals surface area contributed by atoms with Crippen molar-refractivity contribution in [3.63, 3.8) is 0 Å². The SMILES string of the molecule is CCCC(CC)(CO)C(C)(N)O. The molecule has 2 unspecified atom stereocenters. The summed E-state index contributed by atoms with van der Waals surface area (Å²) in [7, 11) is 0. The molecule has 0 spiro atoms.